The predicted octanol–water partition coefficient (Wildman–Crippen LogP) is 2.00. The molecule has 80 valence electrons. The molecular formula is C12H15NO2. The first kappa shape index (κ1) is 10.0. The van der Waals surface area contributed by atoms with E-state index in [2.05, 4.69) is 4.90 Å². The average molecular weight is 205 g/mol. The summed E-state index contributed by atoms with van der Waals surface area (Å²) < 4.78 is 0. The summed E-state index contributed by atoms with van der Waals surface area (Å²) in [6.45, 7) is 2.81. The zero-order chi connectivity index (χ0) is 11.0. The molecule has 0 fully saturated rings. The minimum Gasteiger partial charge on any atom is -0.481 e. The van der Waals surface area contributed by atoms with Crippen LogP contribution in [-0.4, -0.2) is 24.7 Å². The molecule has 2 rings (SSSR count). The third kappa shape index (κ3) is 1.69. The number of hydrogen-bond acceptors (Lipinski definition) is 2. The van der Waals surface area contributed by atoms with Gasteiger partial charge in [-0.3, -0.25) is 4.79 Å². The predicted molar refractivity (Wildman–Crippen MR) is 59.4 cm³/mol. The maximum absolute atomic E-state index is 11.1. The maximum Gasteiger partial charge on any atom is 0.311 e. The number of benzene rings is 1. The Balaban J connectivity index is 2.51. The van der Waals surface area contributed by atoms with Gasteiger partial charge in [-0.25, -0.2) is 0 Å². The summed E-state index contributed by atoms with van der Waals surface area (Å²) in [5.41, 5.74) is 3.13. The van der Waals surface area contributed by atoms with Gasteiger partial charge < -0.3 is 10.0 Å². The Morgan fingerprint density at radius 3 is 2.93 bits per heavy atom. The van der Waals surface area contributed by atoms with Crippen LogP contribution in [0.4, 0.5) is 5.69 Å². The molecule has 3 nitrogen and oxygen atoms in total. The lowest BCUT2D eigenvalue weighted by atomic mass is 9.89. The molecule has 1 unspecified atom stereocenters. The van der Waals surface area contributed by atoms with Crippen molar-refractivity contribution in [3.63, 3.8) is 0 Å². The van der Waals surface area contributed by atoms with Gasteiger partial charge in [-0.1, -0.05) is 17.7 Å². The van der Waals surface area contributed by atoms with Gasteiger partial charge in [0.15, 0.2) is 0 Å². The Morgan fingerprint density at radius 1 is 1.53 bits per heavy atom. The molecule has 1 atom stereocenters. The first-order chi connectivity index (χ1) is 7.09. The van der Waals surface area contributed by atoms with Crippen molar-refractivity contribution in [3.05, 3.63) is 29.3 Å². The molecule has 1 heterocycles. The van der Waals surface area contributed by atoms with Crippen LogP contribution in [0.25, 0.3) is 0 Å². The Bertz CT molecular complexity index is 401. The molecule has 0 saturated carbocycles. The van der Waals surface area contributed by atoms with E-state index in [9.17, 15) is 4.79 Å². The van der Waals surface area contributed by atoms with Gasteiger partial charge in [-0.15, -0.1) is 0 Å². The van der Waals surface area contributed by atoms with E-state index in [4.69, 9.17) is 5.11 Å². The highest BCUT2D eigenvalue weighted by Crippen LogP contribution is 2.35. The van der Waals surface area contributed by atoms with Crippen molar-refractivity contribution in [2.24, 2.45) is 0 Å². The van der Waals surface area contributed by atoms with Crippen LogP contribution in [0, 0.1) is 6.92 Å². The fourth-order valence-electron chi connectivity index (χ4n) is 2.16. The second-order valence-corrected chi connectivity index (χ2v) is 4.16. The molecular weight excluding hydrogens is 190 g/mol. The van der Waals surface area contributed by atoms with E-state index in [0.717, 1.165) is 23.4 Å². The Labute approximate surface area is 89.3 Å². The number of rotatable bonds is 1. The van der Waals surface area contributed by atoms with Crippen molar-refractivity contribution in [2.45, 2.75) is 19.3 Å². The van der Waals surface area contributed by atoms with Crippen LogP contribution in [0.1, 0.15) is 23.5 Å². The van der Waals surface area contributed by atoms with Crippen LogP contribution < -0.4 is 4.90 Å². The maximum atomic E-state index is 11.1. The Kier molecular flexibility index (Phi) is 2.39. The summed E-state index contributed by atoms with van der Waals surface area (Å²) in [6, 6.07) is 6.03. The normalized spacial score (nSPS) is 19.9. The number of carboxylic acid groups (broad SMARTS) is 1. The Morgan fingerprint density at radius 2 is 2.27 bits per heavy atom. The fourth-order valence-corrected chi connectivity index (χ4v) is 2.16. The van der Waals surface area contributed by atoms with Gasteiger partial charge >= 0.3 is 5.97 Å². The zero-order valence-corrected chi connectivity index (χ0v) is 9.03. The van der Waals surface area contributed by atoms with Crippen molar-refractivity contribution in [3.8, 4) is 0 Å². The summed E-state index contributed by atoms with van der Waals surface area (Å²) >= 11 is 0. The van der Waals surface area contributed by atoms with Crippen molar-refractivity contribution in [1.29, 1.82) is 0 Å². The van der Waals surface area contributed by atoms with Crippen molar-refractivity contribution < 1.29 is 9.90 Å². The van der Waals surface area contributed by atoms with E-state index in [1.165, 1.54) is 0 Å². The van der Waals surface area contributed by atoms with Crippen LogP contribution in [0.2, 0.25) is 0 Å². The third-order valence-electron chi connectivity index (χ3n) is 3.02. The summed E-state index contributed by atoms with van der Waals surface area (Å²) in [5, 5.41) is 9.14. The smallest absolute Gasteiger partial charge is 0.311 e. The lowest BCUT2D eigenvalue weighted by molar-refractivity contribution is -0.139. The van der Waals surface area contributed by atoms with Gasteiger partial charge in [-0.2, -0.15) is 0 Å². The van der Waals surface area contributed by atoms with Crippen LogP contribution in [-0.2, 0) is 4.79 Å². The van der Waals surface area contributed by atoms with E-state index < -0.39 is 5.97 Å². The van der Waals surface area contributed by atoms with Crippen LogP contribution in [0.15, 0.2) is 18.2 Å². The number of carboxylic acids is 1. The van der Waals surface area contributed by atoms with Gasteiger partial charge in [0.05, 0.1) is 5.92 Å². The minimum absolute atomic E-state index is 0.337. The second-order valence-electron chi connectivity index (χ2n) is 4.16. The van der Waals surface area contributed by atoms with E-state index >= 15 is 0 Å². The van der Waals surface area contributed by atoms with Crippen molar-refractivity contribution >= 4 is 11.7 Å². The first-order valence-corrected chi connectivity index (χ1v) is 5.14. The molecule has 0 aliphatic carbocycles. The zero-order valence-electron chi connectivity index (χ0n) is 9.03. The molecule has 0 aromatic heterocycles. The molecule has 0 bridgehead atoms. The van der Waals surface area contributed by atoms with Crippen molar-refractivity contribution in [2.75, 3.05) is 18.5 Å². The highest BCUT2D eigenvalue weighted by atomic mass is 16.4. The average Bonchev–Trinajstić information content (AvgIpc) is 2.17. The molecule has 1 aliphatic heterocycles. The first-order valence-electron chi connectivity index (χ1n) is 5.14. The summed E-state index contributed by atoms with van der Waals surface area (Å²) in [7, 11) is 2.01. The molecule has 15 heavy (non-hydrogen) atoms. The van der Waals surface area contributed by atoms with Gasteiger partial charge in [0.25, 0.3) is 0 Å². The van der Waals surface area contributed by atoms with Gasteiger partial charge in [-0.05, 0) is 25.0 Å². The molecule has 0 spiro atoms. The molecule has 1 aliphatic rings. The van der Waals surface area contributed by atoms with E-state index in [1.54, 1.807) is 0 Å². The lowest BCUT2D eigenvalue weighted by Gasteiger charge is -2.31. The number of hydrogen-bond donors (Lipinski definition) is 1. The van der Waals surface area contributed by atoms with E-state index in [1.807, 2.05) is 32.2 Å². The molecule has 1 aromatic carbocycles. The standard InChI is InChI=1S/C12H15NO2/c1-8-3-4-11-10(7-8)9(12(14)15)5-6-13(11)2/h3-4,7,9H,5-6H2,1-2H3,(H,14,15). The lowest BCUT2D eigenvalue weighted by Crippen LogP contribution is -2.30. The number of carbonyl (C=O) groups is 1. The summed E-state index contributed by atoms with van der Waals surface area (Å²) in [4.78, 5) is 13.2. The summed E-state index contributed by atoms with van der Waals surface area (Å²) in [5.74, 6) is -1.05. The van der Waals surface area contributed by atoms with Crippen LogP contribution >= 0.6 is 0 Å². The largest absolute Gasteiger partial charge is 0.481 e. The molecule has 0 radical (unpaired) electrons. The molecule has 0 amide bonds. The highest BCUT2D eigenvalue weighted by Gasteiger charge is 2.28. The molecule has 0 saturated heterocycles. The molecule has 3 heteroatoms. The minimum atomic E-state index is -0.713. The number of fused-ring (bicyclic) bond motifs is 1. The van der Waals surface area contributed by atoms with Gasteiger partial charge in [0, 0.05) is 19.3 Å². The quantitative estimate of drug-likeness (QED) is 0.762. The number of aliphatic carboxylic acids is 1. The number of nitrogens with zero attached hydrogens (tertiary/aromatic N) is 1. The SMILES string of the molecule is Cc1ccc2c(c1)C(C(=O)O)CCN2C. The molecule has 1 N–H and O–H groups in total. The second kappa shape index (κ2) is 3.57. The summed E-state index contributed by atoms with van der Waals surface area (Å²) in [6.07, 6.45) is 0.697. The van der Waals surface area contributed by atoms with Crippen molar-refractivity contribution in [1.82, 2.24) is 0 Å². The van der Waals surface area contributed by atoms with E-state index in [-0.39, 0.29) is 5.92 Å². The van der Waals surface area contributed by atoms with Gasteiger partial charge in [0.2, 0.25) is 0 Å². The number of aryl methyl sites for hydroxylation is 1. The van der Waals surface area contributed by atoms with Crippen LogP contribution in [0.5, 0.6) is 0 Å². The highest BCUT2D eigenvalue weighted by molar-refractivity contribution is 5.80. The molecule has 1 aromatic rings. The topological polar surface area (TPSA) is 40.5 Å². The van der Waals surface area contributed by atoms with Gasteiger partial charge in [0.1, 0.15) is 0 Å². The van der Waals surface area contributed by atoms with Crippen LogP contribution in [0.3, 0.4) is 0 Å². The number of anilines is 1. The Hall–Kier alpha value is -1.51. The third-order valence-corrected chi connectivity index (χ3v) is 3.02. The van der Waals surface area contributed by atoms with E-state index in [0.29, 0.717) is 6.42 Å². The fraction of sp³-hybridized carbons (Fsp3) is 0.417. The monoisotopic (exact) mass is 205 g/mol.